The summed E-state index contributed by atoms with van der Waals surface area (Å²) in [7, 11) is 0. The summed E-state index contributed by atoms with van der Waals surface area (Å²) in [6.07, 6.45) is 2.01. The Morgan fingerprint density at radius 3 is 2.70 bits per heavy atom. The van der Waals surface area contributed by atoms with Crippen LogP contribution in [0.25, 0.3) is 0 Å². The van der Waals surface area contributed by atoms with Gasteiger partial charge < -0.3 is 5.32 Å². The third kappa shape index (κ3) is 4.46. The molecule has 0 spiro atoms. The molecule has 20 heavy (non-hydrogen) atoms. The van der Waals surface area contributed by atoms with Crippen molar-refractivity contribution in [3.63, 3.8) is 0 Å². The van der Waals surface area contributed by atoms with Crippen LogP contribution in [0.1, 0.15) is 30.7 Å². The second-order valence-electron chi connectivity index (χ2n) is 5.61. The van der Waals surface area contributed by atoms with Gasteiger partial charge in [0.05, 0.1) is 12.2 Å². The molecule has 108 valence electrons. The molecular formula is C16H22BrN3. The van der Waals surface area contributed by atoms with Crippen molar-refractivity contribution in [3.05, 3.63) is 51.8 Å². The standard InChI is InChI=1S/C16H22BrN3/c1-12(2)9-18-10-14-4-5-15(16(17)8-14)11-20-7-6-13(3)19-20/h4-8,12,18H,9-11H2,1-3H3. The average Bonchev–Trinajstić information content (AvgIpc) is 2.78. The normalized spacial score (nSPS) is 11.2. The minimum Gasteiger partial charge on any atom is -0.312 e. The second kappa shape index (κ2) is 7.04. The van der Waals surface area contributed by atoms with Gasteiger partial charge >= 0.3 is 0 Å². The molecule has 0 bridgehead atoms. The van der Waals surface area contributed by atoms with E-state index >= 15 is 0 Å². The second-order valence-corrected chi connectivity index (χ2v) is 6.46. The maximum absolute atomic E-state index is 4.42. The molecule has 0 aliphatic rings. The number of nitrogens with one attached hydrogen (secondary N) is 1. The van der Waals surface area contributed by atoms with E-state index in [2.05, 4.69) is 58.4 Å². The molecule has 1 aromatic carbocycles. The third-order valence-corrected chi connectivity index (χ3v) is 3.84. The van der Waals surface area contributed by atoms with Crippen molar-refractivity contribution < 1.29 is 0 Å². The zero-order chi connectivity index (χ0) is 14.5. The van der Waals surface area contributed by atoms with Gasteiger partial charge in [0, 0.05) is 17.2 Å². The quantitative estimate of drug-likeness (QED) is 0.871. The molecule has 2 aromatic rings. The summed E-state index contributed by atoms with van der Waals surface area (Å²) in [6, 6.07) is 8.58. The van der Waals surface area contributed by atoms with Crippen molar-refractivity contribution >= 4 is 15.9 Å². The van der Waals surface area contributed by atoms with Crippen molar-refractivity contribution in [2.45, 2.75) is 33.9 Å². The van der Waals surface area contributed by atoms with Gasteiger partial charge in [-0.1, -0.05) is 41.9 Å². The first-order valence-corrected chi connectivity index (χ1v) is 7.82. The van der Waals surface area contributed by atoms with Crippen LogP contribution in [0.15, 0.2) is 34.9 Å². The van der Waals surface area contributed by atoms with E-state index in [9.17, 15) is 0 Å². The highest BCUT2D eigenvalue weighted by atomic mass is 79.9. The van der Waals surface area contributed by atoms with Crippen molar-refractivity contribution in [2.24, 2.45) is 5.92 Å². The molecule has 0 amide bonds. The van der Waals surface area contributed by atoms with Gasteiger partial charge in [0.2, 0.25) is 0 Å². The van der Waals surface area contributed by atoms with Crippen LogP contribution < -0.4 is 5.32 Å². The molecule has 0 saturated heterocycles. The maximum Gasteiger partial charge on any atom is 0.0670 e. The van der Waals surface area contributed by atoms with Crippen LogP contribution in [-0.2, 0) is 13.1 Å². The minimum absolute atomic E-state index is 0.681. The molecule has 1 aromatic heterocycles. The van der Waals surface area contributed by atoms with Crippen molar-refractivity contribution in [1.29, 1.82) is 0 Å². The lowest BCUT2D eigenvalue weighted by Gasteiger charge is -2.10. The Kier molecular flexibility index (Phi) is 5.38. The van der Waals surface area contributed by atoms with E-state index in [1.165, 1.54) is 11.1 Å². The first kappa shape index (κ1) is 15.3. The van der Waals surface area contributed by atoms with Crippen LogP contribution in [0.2, 0.25) is 0 Å². The lowest BCUT2D eigenvalue weighted by molar-refractivity contribution is 0.552. The van der Waals surface area contributed by atoms with E-state index in [0.29, 0.717) is 5.92 Å². The zero-order valence-electron chi connectivity index (χ0n) is 12.4. The zero-order valence-corrected chi connectivity index (χ0v) is 13.9. The molecule has 4 heteroatoms. The third-order valence-electron chi connectivity index (χ3n) is 3.11. The van der Waals surface area contributed by atoms with Crippen LogP contribution >= 0.6 is 15.9 Å². The number of aryl methyl sites for hydroxylation is 1. The Morgan fingerprint density at radius 1 is 1.30 bits per heavy atom. The SMILES string of the molecule is Cc1ccn(Cc2ccc(CNCC(C)C)cc2Br)n1. The molecule has 0 fully saturated rings. The fraction of sp³-hybridized carbons (Fsp3) is 0.438. The molecular weight excluding hydrogens is 314 g/mol. The summed E-state index contributed by atoms with van der Waals surface area (Å²) >= 11 is 3.66. The lowest BCUT2D eigenvalue weighted by Crippen LogP contribution is -2.19. The first-order valence-electron chi connectivity index (χ1n) is 7.02. The summed E-state index contributed by atoms with van der Waals surface area (Å²) in [4.78, 5) is 0. The van der Waals surface area contributed by atoms with Crippen LogP contribution in [0.5, 0.6) is 0 Å². The molecule has 1 heterocycles. The Balaban J connectivity index is 1.98. The number of rotatable bonds is 6. The number of hydrogen-bond donors (Lipinski definition) is 1. The summed E-state index contributed by atoms with van der Waals surface area (Å²) in [5.74, 6) is 0.681. The molecule has 1 N–H and O–H groups in total. The van der Waals surface area contributed by atoms with E-state index in [-0.39, 0.29) is 0 Å². The summed E-state index contributed by atoms with van der Waals surface area (Å²) < 4.78 is 3.11. The molecule has 0 aliphatic carbocycles. The largest absolute Gasteiger partial charge is 0.312 e. The molecule has 0 aliphatic heterocycles. The minimum atomic E-state index is 0.681. The van der Waals surface area contributed by atoms with Crippen LogP contribution in [0.4, 0.5) is 0 Å². The number of aromatic nitrogens is 2. The van der Waals surface area contributed by atoms with E-state index in [1.807, 2.05) is 23.9 Å². The van der Waals surface area contributed by atoms with Gasteiger partial charge in [0.15, 0.2) is 0 Å². The molecule has 0 atom stereocenters. The Morgan fingerprint density at radius 2 is 2.10 bits per heavy atom. The smallest absolute Gasteiger partial charge is 0.0670 e. The summed E-state index contributed by atoms with van der Waals surface area (Å²) in [5.41, 5.74) is 3.61. The van der Waals surface area contributed by atoms with Crippen LogP contribution in [0.3, 0.4) is 0 Å². The van der Waals surface area contributed by atoms with Gasteiger partial charge in [-0.15, -0.1) is 0 Å². The highest BCUT2D eigenvalue weighted by Crippen LogP contribution is 2.19. The number of hydrogen-bond acceptors (Lipinski definition) is 2. The Bertz CT molecular complexity index is 561. The average molecular weight is 336 g/mol. The van der Waals surface area contributed by atoms with Crippen LogP contribution in [0, 0.1) is 12.8 Å². The van der Waals surface area contributed by atoms with Gasteiger partial charge in [-0.05, 0) is 42.6 Å². The highest BCUT2D eigenvalue weighted by Gasteiger charge is 2.04. The fourth-order valence-corrected chi connectivity index (χ4v) is 2.61. The van der Waals surface area contributed by atoms with Crippen molar-refractivity contribution in [3.8, 4) is 0 Å². The van der Waals surface area contributed by atoms with E-state index < -0.39 is 0 Å². The fourth-order valence-electron chi connectivity index (χ4n) is 2.06. The summed E-state index contributed by atoms with van der Waals surface area (Å²) in [6.45, 7) is 9.21. The van der Waals surface area contributed by atoms with E-state index in [1.54, 1.807) is 0 Å². The maximum atomic E-state index is 4.42. The molecule has 0 saturated carbocycles. The van der Waals surface area contributed by atoms with Crippen LogP contribution in [-0.4, -0.2) is 16.3 Å². The molecule has 0 radical (unpaired) electrons. The number of halogens is 1. The molecule has 2 rings (SSSR count). The first-order chi connectivity index (χ1) is 9.54. The van der Waals surface area contributed by atoms with Gasteiger partial charge in [-0.3, -0.25) is 4.68 Å². The predicted octanol–water partition coefficient (Wildman–Crippen LogP) is 3.75. The topological polar surface area (TPSA) is 29.9 Å². The van der Waals surface area contributed by atoms with E-state index in [4.69, 9.17) is 0 Å². The van der Waals surface area contributed by atoms with Crippen molar-refractivity contribution in [1.82, 2.24) is 15.1 Å². The molecule has 0 unspecified atom stereocenters. The van der Waals surface area contributed by atoms with Crippen molar-refractivity contribution in [2.75, 3.05) is 6.54 Å². The Labute approximate surface area is 129 Å². The number of benzene rings is 1. The lowest BCUT2D eigenvalue weighted by atomic mass is 10.1. The summed E-state index contributed by atoms with van der Waals surface area (Å²) in [5, 5.41) is 7.88. The molecule has 3 nitrogen and oxygen atoms in total. The predicted molar refractivity (Wildman–Crippen MR) is 86.8 cm³/mol. The van der Waals surface area contributed by atoms with E-state index in [0.717, 1.165) is 29.8 Å². The monoisotopic (exact) mass is 335 g/mol. The Hall–Kier alpha value is -1.13. The van der Waals surface area contributed by atoms with Gasteiger partial charge in [0.1, 0.15) is 0 Å². The van der Waals surface area contributed by atoms with Gasteiger partial charge in [-0.2, -0.15) is 5.10 Å². The van der Waals surface area contributed by atoms with Gasteiger partial charge in [-0.25, -0.2) is 0 Å². The highest BCUT2D eigenvalue weighted by molar-refractivity contribution is 9.10. The van der Waals surface area contributed by atoms with Gasteiger partial charge in [0.25, 0.3) is 0 Å². The number of nitrogens with zero attached hydrogens (tertiary/aromatic N) is 2.